The Kier molecular flexibility index (Phi) is 3.40. The Hall–Kier alpha value is -1.46. The second kappa shape index (κ2) is 4.81. The molecule has 0 aliphatic carbocycles. The molecule has 2 aromatic rings. The van der Waals surface area contributed by atoms with Crippen molar-refractivity contribution in [2.45, 2.75) is 13.8 Å². The summed E-state index contributed by atoms with van der Waals surface area (Å²) < 4.78 is 0. The summed E-state index contributed by atoms with van der Waals surface area (Å²) in [6, 6.07) is 1.58. The predicted octanol–water partition coefficient (Wildman–Crippen LogP) is 3.06. The van der Waals surface area contributed by atoms with Gasteiger partial charge in [0, 0.05) is 17.3 Å². The third kappa shape index (κ3) is 2.62. The van der Waals surface area contributed by atoms with Crippen molar-refractivity contribution in [3.8, 4) is 0 Å². The number of anilines is 1. The van der Waals surface area contributed by atoms with Crippen LogP contribution in [0.15, 0.2) is 18.5 Å². The van der Waals surface area contributed by atoms with Crippen molar-refractivity contribution in [3.63, 3.8) is 0 Å². The fourth-order valence-corrected chi connectivity index (χ4v) is 2.24. The van der Waals surface area contributed by atoms with Crippen LogP contribution in [-0.4, -0.2) is 15.9 Å². The van der Waals surface area contributed by atoms with Gasteiger partial charge in [-0.2, -0.15) is 0 Å². The lowest BCUT2D eigenvalue weighted by molar-refractivity contribution is 0.102. The van der Waals surface area contributed by atoms with Gasteiger partial charge in [-0.15, -0.1) is 11.3 Å². The first-order chi connectivity index (χ1) is 8.08. The van der Waals surface area contributed by atoms with Gasteiger partial charge in [0.2, 0.25) is 0 Å². The van der Waals surface area contributed by atoms with Crippen LogP contribution < -0.4 is 5.32 Å². The Morgan fingerprint density at radius 3 is 2.82 bits per heavy atom. The number of pyridine rings is 1. The van der Waals surface area contributed by atoms with E-state index >= 15 is 0 Å². The second-order valence-corrected chi connectivity index (χ2v) is 5.08. The fraction of sp³-hybridized carbons (Fsp3) is 0.182. The van der Waals surface area contributed by atoms with Gasteiger partial charge >= 0.3 is 0 Å². The number of carbonyl (C=O) groups excluding carboxylic acids is 1. The van der Waals surface area contributed by atoms with Gasteiger partial charge < -0.3 is 0 Å². The summed E-state index contributed by atoms with van der Waals surface area (Å²) in [4.78, 5) is 21.1. The van der Waals surface area contributed by atoms with Crippen molar-refractivity contribution >= 4 is 34.0 Å². The molecule has 0 fully saturated rings. The highest BCUT2D eigenvalue weighted by Gasteiger charge is 2.12. The summed E-state index contributed by atoms with van der Waals surface area (Å²) in [5.41, 5.74) is 1.27. The van der Waals surface area contributed by atoms with Crippen molar-refractivity contribution < 1.29 is 4.79 Å². The van der Waals surface area contributed by atoms with E-state index in [1.165, 1.54) is 23.7 Å². The smallest absolute Gasteiger partial charge is 0.260 e. The highest BCUT2D eigenvalue weighted by molar-refractivity contribution is 7.15. The molecule has 0 aromatic carbocycles. The molecule has 0 aliphatic heterocycles. The maximum Gasteiger partial charge on any atom is 0.260 e. The molecule has 1 N–H and O–H groups in total. The molecule has 0 bridgehead atoms. The number of hydrogen-bond donors (Lipinski definition) is 1. The lowest BCUT2D eigenvalue weighted by atomic mass is 10.3. The number of amides is 1. The largest absolute Gasteiger partial charge is 0.298 e. The van der Waals surface area contributed by atoms with Gasteiger partial charge in [-0.05, 0) is 19.9 Å². The molecular formula is C11H10ClN3OS. The average Bonchev–Trinajstić information content (AvgIpc) is 2.58. The van der Waals surface area contributed by atoms with Crippen LogP contribution in [0.3, 0.4) is 0 Å². The molecule has 1 amide bonds. The lowest BCUT2D eigenvalue weighted by Crippen LogP contribution is -2.12. The van der Waals surface area contributed by atoms with Gasteiger partial charge in [0.15, 0.2) is 5.13 Å². The minimum atomic E-state index is -0.295. The van der Waals surface area contributed by atoms with E-state index in [9.17, 15) is 4.79 Å². The summed E-state index contributed by atoms with van der Waals surface area (Å²) in [7, 11) is 0. The third-order valence-electron chi connectivity index (χ3n) is 2.26. The molecule has 0 radical (unpaired) electrons. The molecule has 2 rings (SSSR count). The Morgan fingerprint density at radius 2 is 2.24 bits per heavy atom. The second-order valence-electron chi connectivity index (χ2n) is 3.47. The van der Waals surface area contributed by atoms with E-state index in [0.717, 1.165) is 10.6 Å². The van der Waals surface area contributed by atoms with Crippen LogP contribution in [0, 0.1) is 13.8 Å². The van der Waals surface area contributed by atoms with E-state index in [4.69, 9.17) is 11.6 Å². The third-order valence-corrected chi connectivity index (χ3v) is 3.58. The van der Waals surface area contributed by atoms with E-state index in [2.05, 4.69) is 15.3 Å². The summed E-state index contributed by atoms with van der Waals surface area (Å²) >= 11 is 7.34. The minimum absolute atomic E-state index is 0.295. The van der Waals surface area contributed by atoms with Crippen LogP contribution in [0.1, 0.15) is 20.9 Å². The monoisotopic (exact) mass is 267 g/mol. The van der Waals surface area contributed by atoms with Crippen LogP contribution in [-0.2, 0) is 0 Å². The molecule has 0 spiro atoms. The first kappa shape index (κ1) is 12.0. The normalized spacial score (nSPS) is 10.3. The van der Waals surface area contributed by atoms with Gasteiger partial charge in [-0.1, -0.05) is 11.6 Å². The first-order valence-corrected chi connectivity index (χ1v) is 6.12. The van der Waals surface area contributed by atoms with Crippen LogP contribution in [0.4, 0.5) is 5.13 Å². The number of aryl methyl sites for hydroxylation is 2. The van der Waals surface area contributed by atoms with Gasteiger partial charge in [0.1, 0.15) is 0 Å². The minimum Gasteiger partial charge on any atom is -0.298 e. The van der Waals surface area contributed by atoms with Crippen molar-refractivity contribution in [1.29, 1.82) is 0 Å². The number of nitrogens with zero attached hydrogens (tertiary/aromatic N) is 2. The number of rotatable bonds is 2. The van der Waals surface area contributed by atoms with Crippen molar-refractivity contribution in [3.05, 3.63) is 39.6 Å². The molecule has 17 heavy (non-hydrogen) atoms. The number of thiazole rings is 1. The standard InChI is InChI=1S/C11H10ClN3OS/c1-6-7(2)17-11(14-6)15-10(16)8-5-13-4-3-9(8)12/h3-5H,1-2H3,(H,14,15,16). The Bertz CT molecular complexity index is 548. The van der Waals surface area contributed by atoms with Gasteiger partial charge in [-0.25, -0.2) is 4.98 Å². The molecule has 2 heterocycles. The molecular weight excluding hydrogens is 258 g/mol. The zero-order chi connectivity index (χ0) is 12.4. The topological polar surface area (TPSA) is 54.9 Å². The summed E-state index contributed by atoms with van der Waals surface area (Å²) in [6.45, 7) is 3.86. The number of hydrogen-bond acceptors (Lipinski definition) is 4. The molecule has 0 unspecified atom stereocenters. The fourth-order valence-electron chi connectivity index (χ4n) is 1.24. The van der Waals surface area contributed by atoms with Gasteiger partial charge in [0.05, 0.1) is 16.3 Å². The highest BCUT2D eigenvalue weighted by Crippen LogP contribution is 2.22. The summed E-state index contributed by atoms with van der Waals surface area (Å²) in [5, 5.41) is 3.66. The summed E-state index contributed by atoms with van der Waals surface area (Å²) in [6.07, 6.45) is 2.97. The summed E-state index contributed by atoms with van der Waals surface area (Å²) in [5.74, 6) is -0.295. The maximum absolute atomic E-state index is 11.9. The van der Waals surface area contributed by atoms with Crippen LogP contribution in [0.25, 0.3) is 0 Å². The van der Waals surface area contributed by atoms with Gasteiger partial charge in [-0.3, -0.25) is 15.1 Å². The van der Waals surface area contributed by atoms with E-state index in [0.29, 0.717) is 15.7 Å². The van der Waals surface area contributed by atoms with E-state index in [1.54, 1.807) is 6.07 Å². The SMILES string of the molecule is Cc1nc(NC(=O)c2cnccc2Cl)sc1C. The first-order valence-electron chi connectivity index (χ1n) is 4.93. The molecule has 4 nitrogen and oxygen atoms in total. The number of aromatic nitrogens is 2. The van der Waals surface area contributed by atoms with Crippen LogP contribution >= 0.6 is 22.9 Å². The Balaban J connectivity index is 2.20. The highest BCUT2D eigenvalue weighted by atomic mass is 35.5. The number of carbonyl (C=O) groups is 1. The van der Waals surface area contributed by atoms with Gasteiger partial charge in [0.25, 0.3) is 5.91 Å². The molecule has 88 valence electrons. The van der Waals surface area contributed by atoms with Crippen LogP contribution in [0.2, 0.25) is 5.02 Å². The van der Waals surface area contributed by atoms with E-state index in [-0.39, 0.29) is 5.91 Å². The molecule has 0 saturated carbocycles. The Morgan fingerprint density at radius 1 is 1.47 bits per heavy atom. The van der Waals surface area contributed by atoms with Crippen molar-refractivity contribution in [2.75, 3.05) is 5.32 Å². The maximum atomic E-state index is 11.9. The lowest BCUT2D eigenvalue weighted by Gasteiger charge is -2.02. The predicted molar refractivity (Wildman–Crippen MR) is 68.8 cm³/mol. The van der Waals surface area contributed by atoms with Crippen molar-refractivity contribution in [1.82, 2.24) is 9.97 Å². The molecule has 2 aromatic heterocycles. The zero-order valence-electron chi connectivity index (χ0n) is 9.32. The number of nitrogens with one attached hydrogen (secondary N) is 1. The Labute approximate surface area is 108 Å². The van der Waals surface area contributed by atoms with E-state index in [1.807, 2.05) is 13.8 Å². The molecule has 0 saturated heterocycles. The number of halogens is 1. The van der Waals surface area contributed by atoms with Crippen LogP contribution in [0.5, 0.6) is 0 Å². The van der Waals surface area contributed by atoms with Crippen molar-refractivity contribution in [2.24, 2.45) is 0 Å². The molecule has 6 heteroatoms. The average molecular weight is 268 g/mol. The van der Waals surface area contributed by atoms with E-state index < -0.39 is 0 Å². The molecule has 0 atom stereocenters. The molecule has 0 aliphatic rings. The quantitative estimate of drug-likeness (QED) is 0.910. The zero-order valence-corrected chi connectivity index (χ0v) is 10.9.